The molecular formula is C18H19NO2. The average Bonchev–Trinajstić information content (AvgIpc) is 2.91. The van der Waals surface area contributed by atoms with Crippen molar-refractivity contribution in [3.05, 3.63) is 71.8 Å². The van der Waals surface area contributed by atoms with E-state index >= 15 is 0 Å². The van der Waals surface area contributed by atoms with Gasteiger partial charge in [0.05, 0.1) is 13.0 Å². The Morgan fingerprint density at radius 3 is 2.38 bits per heavy atom. The highest BCUT2D eigenvalue weighted by Gasteiger charge is 2.33. The van der Waals surface area contributed by atoms with Crippen molar-refractivity contribution in [3.63, 3.8) is 0 Å². The summed E-state index contributed by atoms with van der Waals surface area (Å²) in [5.74, 6) is 0.118. The Hall–Kier alpha value is -2.13. The summed E-state index contributed by atoms with van der Waals surface area (Å²) in [5.41, 5.74) is 2.16. The van der Waals surface area contributed by atoms with E-state index in [1.807, 2.05) is 72.5 Å². The summed E-state index contributed by atoms with van der Waals surface area (Å²) in [4.78, 5) is 14.3. The van der Waals surface area contributed by atoms with Gasteiger partial charge >= 0.3 is 0 Å². The quantitative estimate of drug-likeness (QED) is 0.865. The fraction of sp³-hybridized carbons (Fsp3) is 0.278. The lowest BCUT2D eigenvalue weighted by Crippen LogP contribution is -2.35. The molecule has 0 aliphatic carbocycles. The van der Waals surface area contributed by atoms with Crippen LogP contribution in [-0.4, -0.2) is 23.6 Å². The van der Waals surface area contributed by atoms with Gasteiger partial charge in [-0.2, -0.15) is 0 Å². The van der Waals surface area contributed by atoms with Gasteiger partial charge in [-0.3, -0.25) is 4.79 Å². The summed E-state index contributed by atoms with van der Waals surface area (Å²) in [5, 5.41) is 0. The van der Waals surface area contributed by atoms with Crippen molar-refractivity contribution >= 4 is 5.91 Å². The molecule has 1 fully saturated rings. The second-order valence-electron chi connectivity index (χ2n) is 5.34. The largest absolute Gasteiger partial charge is 0.349 e. The van der Waals surface area contributed by atoms with E-state index in [0.29, 0.717) is 13.0 Å². The zero-order chi connectivity index (χ0) is 14.7. The molecule has 21 heavy (non-hydrogen) atoms. The van der Waals surface area contributed by atoms with Crippen LogP contribution >= 0.6 is 0 Å². The maximum atomic E-state index is 12.4. The highest BCUT2D eigenvalue weighted by molar-refractivity contribution is 5.79. The standard InChI is InChI=1S/C18H19NO2/c1-14-19(18(20)12-15-8-4-2-5-9-15)13-17(21-14)16-10-6-3-7-11-16/h2-11,14,17H,12-13H2,1H3. The van der Waals surface area contributed by atoms with Crippen LogP contribution in [0.3, 0.4) is 0 Å². The Labute approximate surface area is 125 Å². The van der Waals surface area contributed by atoms with Gasteiger partial charge in [-0.05, 0) is 18.1 Å². The number of carbonyl (C=O) groups is 1. The van der Waals surface area contributed by atoms with Crippen LogP contribution in [0.25, 0.3) is 0 Å². The van der Waals surface area contributed by atoms with E-state index in [-0.39, 0.29) is 18.2 Å². The molecule has 0 spiro atoms. The molecule has 0 N–H and O–H groups in total. The minimum absolute atomic E-state index is 0.0269. The predicted octanol–water partition coefficient (Wildman–Crippen LogP) is 3.18. The van der Waals surface area contributed by atoms with Gasteiger partial charge in [0, 0.05) is 0 Å². The molecule has 2 unspecified atom stereocenters. The third-order valence-corrected chi connectivity index (χ3v) is 3.85. The van der Waals surface area contributed by atoms with Crippen molar-refractivity contribution < 1.29 is 9.53 Å². The Bertz CT molecular complexity index is 597. The lowest BCUT2D eigenvalue weighted by molar-refractivity contribution is -0.134. The first kappa shape index (κ1) is 13.8. The highest BCUT2D eigenvalue weighted by Crippen LogP contribution is 2.28. The monoisotopic (exact) mass is 281 g/mol. The first-order valence-corrected chi connectivity index (χ1v) is 7.28. The first-order chi connectivity index (χ1) is 10.2. The molecule has 2 aromatic rings. The number of carbonyl (C=O) groups excluding carboxylic acids is 1. The van der Waals surface area contributed by atoms with Crippen LogP contribution in [0.4, 0.5) is 0 Å². The molecule has 108 valence electrons. The van der Waals surface area contributed by atoms with Crippen molar-refractivity contribution in [2.24, 2.45) is 0 Å². The van der Waals surface area contributed by atoms with E-state index in [1.165, 1.54) is 0 Å². The smallest absolute Gasteiger partial charge is 0.229 e. The summed E-state index contributed by atoms with van der Waals surface area (Å²) >= 11 is 0. The molecule has 3 nitrogen and oxygen atoms in total. The Balaban J connectivity index is 1.68. The van der Waals surface area contributed by atoms with Gasteiger partial charge in [-0.25, -0.2) is 0 Å². The number of rotatable bonds is 3. The number of hydrogen-bond donors (Lipinski definition) is 0. The second kappa shape index (κ2) is 6.10. The van der Waals surface area contributed by atoms with E-state index in [0.717, 1.165) is 11.1 Å². The molecule has 0 saturated carbocycles. The number of hydrogen-bond acceptors (Lipinski definition) is 2. The van der Waals surface area contributed by atoms with E-state index in [9.17, 15) is 4.79 Å². The van der Waals surface area contributed by atoms with Crippen molar-refractivity contribution in [3.8, 4) is 0 Å². The number of ether oxygens (including phenoxy) is 1. The van der Waals surface area contributed by atoms with Crippen LogP contribution in [0.2, 0.25) is 0 Å². The van der Waals surface area contributed by atoms with Gasteiger partial charge in [0.15, 0.2) is 0 Å². The van der Waals surface area contributed by atoms with Gasteiger partial charge in [-0.15, -0.1) is 0 Å². The molecular weight excluding hydrogens is 262 g/mol. The fourth-order valence-corrected chi connectivity index (χ4v) is 2.71. The number of benzene rings is 2. The van der Waals surface area contributed by atoms with Crippen molar-refractivity contribution in [1.29, 1.82) is 0 Å². The van der Waals surface area contributed by atoms with Crippen LogP contribution in [0, 0.1) is 0 Å². The zero-order valence-corrected chi connectivity index (χ0v) is 12.1. The molecule has 1 saturated heterocycles. The predicted molar refractivity (Wildman–Crippen MR) is 81.6 cm³/mol. The first-order valence-electron chi connectivity index (χ1n) is 7.28. The molecule has 2 atom stereocenters. The van der Waals surface area contributed by atoms with Crippen LogP contribution in [0.15, 0.2) is 60.7 Å². The molecule has 1 heterocycles. The third kappa shape index (κ3) is 3.14. The summed E-state index contributed by atoms with van der Waals surface area (Å²) in [6.45, 7) is 2.56. The molecule has 0 aromatic heterocycles. The normalized spacial score (nSPS) is 21.5. The van der Waals surface area contributed by atoms with Crippen molar-refractivity contribution in [2.75, 3.05) is 6.54 Å². The van der Waals surface area contributed by atoms with Crippen molar-refractivity contribution in [2.45, 2.75) is 25.7 Å². The van der Waals surface area contributed by atoms with E-state index < -0.39 is 0 Å². The van der Waals surface area contributed by atoms with Gasteiger partial charge < -0.3 is 9.64 Å². The molecule has 0 radical (unpaired) electrons. The second-order valence-corrected chi connectivity index (χ2v) is 5.34. The molecule has 3 rings (SSSR count). The zero-order valence-electron chi connectivity index (χ0n) is 12.1. The van der Waals surface area contributed by atoms with Gasteiger partial charge in [0.1, 0.15) is 12.3 Å². The van der Waals surface area contributed by atoms with E-state index in [2.05, 4.69) is 0 Å². The molecule has 1 amide bonds. The van der Waals surface area contributed by atoms with Gasteiger partial charge in [0.25, 0.3) is 0 Å². The summed E-state index contributed by atoms with van der Waals surface area (Å²) in [6.07, 6.45) is 0.225. The maximum absolute atomic E-state index is 12.4. The minimum Gasteiger partial charge on any atom is -0.349 e. The Morgan fingerprint density at radius 1 is 1.10 bits per heavy atom. The lowest BCUT2D eigenvalue weighted by atomic mass is 10.1. The summed E-state index contributed by atoms with van der Waals surface area (Å²) in [6, 6.07) is 19.9. The van der Waals surface area contributed by atoms with Crippen molar-refractivity contribution in [1.82, 2.24) is 4.90 Å². The van der Waals surface area contributed by atoms with E-state index in [1.54, 1.807) is 0 Å². The summed E-state index contributed by atoms with van der Waals surface area (Å²) in [7, 11) is 0. The Morgan fingerprint density at radius 2 is 1.71 bits per heavy atom. The number of amides is 1. The van der Waals surface area contributed by atoms with Gasteiger partial charge in [-0.1, -0.05) is 60.7 Å². The molecule has 1 aliphatic rings. The maximum Gasteiger partial charge on any atom is 0.229 e. The molecule has 3 heteroatoms. The molecule has 1 aliphatic heterocycles. The van der Waals surface area contributed by atoms with E-state index in [4.69, 9.17) is 4.74 Å². The van der Waals surface area contributed by atoms with Crippen LogP contribution in [0.5, 0.6) is 0 Å². The number of nitrogens with zero attached hydrogens (tertiary/aromatic N) is 1. The Kier molecular flexibility index (Phi) is 4.02. The van der Waals surface area contributed by atoms with Crippen LogP contribution in [0.1, 0.15) is 24.2 Å². The third-order valence-electron chi connectivity index (χ3n) is 3.85. The summed E-state index contributed by atoms with van der Waals surface area (Å²) < 4.78 is 5.92. The SMILES string of the molecule is CC1OC(c2ccccc2)CN1C(=O)Cc1ccccc1. The van der Waals surface area contributed by atoms with Crippen LogP contribution < -0.4 is 0 Å². The topological polar surface area (TPSA) is 29.5 Å². The average molecular weight is 281 g/mol. The lowest BCUT2D eigenvalue weighted by Gasteiger charge is -2.19. The molecule has 0 bridgehead atoms. The molecule has 2 aromatic carbocycles. The minimum atomic E-state index is -0.175. The highest BCUT2D eigenvalue weighted by atomic mass is 16.5. The van der Waals surface area contributed by atoms with Crippen LogP contribution in [-0.2, 0) is 16.0 Å². The fourth-order valence-electron chi connectivity index (χ4n) is 2.71. The van der Waals surface area contributed by atoms with Gasteiger partial charge in [0.2, 0.25) is 5.91 Å².